The number of aromatic nitrogens is 2. The van der Waals surface area contributed by atoms with Crippen LogP contribution in [0.1, 0.15) is 64.5 Å². The Balaban J connectivity index is 2.24. The normalized spacial score (nSPS) is 13.6. The van der Waals surface area contributed by atoms with Gasteiger partial charge in [-0.25, -0.2) is 4.57 Å². The smallest absolute Gasteiger partial charge is 0.225 e. The van der Waals surface area contributed by atoms with Crippen LogP contribution >= 0.6 is 0 Å². The minimum absolute atomic E-state index is 0.350. The van der Waals surface area contributed by atoms with Crippen LogP contribution in [-0.2, 0) is 13.0 Å². The maximum atomic E-state index is 9.06. The Hall–Kier alpha value is -2.65. The van der Waals surface area contributed by atoms with Crippen LogP contribution in [0.25, 0.3) is 28.1 Å². The standard InChI is InChI=1S/C31H41N2Si/c1-21(2)25-15-12-16-26(22(3)4)30(25)33-29-19-24(20-34(7,8)9)17-18-28(29)32(6)31(33)27-14-11-10-13-23(27)5/h10-19,21-22H,20H2,1-9H3/q+1/i20D2. The van der Waals surface area contributed by atoms with Gasteiger partial charge in [-0.05, 0) is 54.1 Å². The van der Waals surface area contributed by atoms with Gasteiger partial charge in [0.25, 0.3) is 5.82 Å². The zero-order valence-electron chi connectivity index (χ0n) is 24.3. The van der Waals surface area contributed by atoms with Gasteiger partial charge < -0.3 is 0 Å². The quantitative estimate of drug-likeness (QED) is 0.198. The Kier molecular flexibility index (Phi) is 5.90. The molecule has 34 heavy (non-hydrogen) atoms. The number of hydrogen-bond donors (Lipinski definition) is 0. The molecule has 0 saturated carbocycles. The first-order valence-electron chi connectivity index (χ1n) is 13.5. The van der Waals surface area contributed by atoms with Gasteiger partial charge >= 0.3 is 0 Å². The summed E-state index contributed by atoms with van der Waals surface area (Å²) in [6, 6.07) is 21.5. The van der Waals surface area contributed by atoms with Gasteiger partial charge in [-0.2, -0.15) is 4.57 Å². The Morgan fingerprint density at radius 3 is 2.06 bits per heavy atom. The molecule has 0 fully saturated rings. The zero-order chi connectivity index (χ0) is 26.6. The molecule has 0 atom stereocenters. The number of nitrogens with zero attached hydrogens (tertiary/aromatic N) is 2. The van der Waals surface area contributed by atoms with Gasteiger partial charge in [0.15, 0.2) is 11.0 Å². The van der Waals surface area contributed by atoms with Gasteiger partial charge in [0.2, 0.25) is 0 Å². The van der Waals surface area contributed by atoms with E-state index in [4.69, 9.17) is 2.74 Å². The topological polar surface area (TPSA) is 8.81 Å². The van der Waals surface area contributed by atoms with Crippen molar-refractivity contribution in [2.45, 2.75) is 72.1 Å². The van der Waals surface area contributed by atoms with Crippen LogP contribution in [0.3, 0.4) is 0 Å². The van der Waals surface area contributed by atoms with Crippen LogP contribution < -0.4 is 4.57 Å². The van der Waals surface area contributed by atoms with Crippen molar-refractivity contribution >= 4 is 19.1 Å². The SMILES string of the molecule is [2H]C([2H])(c1ccc2c(c1)n(-c1c(C(C)C)cccc1C(C)C)c(-c1ccccc1C)[n+]2C)[Si](C)(C)C. The molecule has 0 aliphatic carbocycles. The molecule has 1 aromatic heterocycles. The highest BCUT2D eigenvalue weighted by Crippen LogP contribution is 2.37. The molecular weight excluding hydrogens is 428 g/mol. The lowest BCUT2D eigenvalue weighted by Crippen LogP contribution is -2.30. The summed E-state index contributed by atoms with van der Waals surface area (Å²) in [5.41, 5.74) is 9.22. The Labute approximate surface area is 210 Å². The van der Waals surface area contributed by atoms with Crippen molar-refractivity contribution in [1.29, 1.82) is 0 Å². The molecule has 1 heterocycles. The van der Waals surface area contributed by atoms with Crippen molar-refractivity contribution in [3.05, 3.63) is 82.9 Å². The van der Waals surface area contributed by atoms with Crippen LogP contribution in [0, 0.1) is 6.92 Å². The largest absolute Gasteiger partial charge is 0.295 e. The molecule has 0 bridgehead atoms. The fraction of sp³-hybridized carbons (Fsp3) is 0.387. The van der Waals surface area contributed by atoms with Gasteiger partial charge in [0.1, 0.15) is 5.69 Å². The first-order valence-corrected chi connectivity index (χ1v) is 16.0. The summed E-state index contributed by atoms with van der Waals surface area (Å²) in [7, 11) is 0.00968. The lowest BCUT2D eigenvalue weighted by atomic mass is 9.92. The minimum atomic E-state index is -2.13. The molecule has 0 amide bonds. The van der Waals surface area contributed by atoms with Crippen LogP contribution in [0.4, 0.5) is 0 Å². The zero-order valence-corrected chi connectivity index (χ0v) is 23.3. The molecule has 0 radical (unpaired) electrons. The molecule has 0 aliphatic heterocycles. The lowest BCUT2D eigenvalue weighted by molar-refractivity contribution is -0.633. The first kappa shape index (κ1) is 21.9. The van der Waals surface area contributed by atoms with Crippen LogP contribution in [0.5, 0.6) is 0 Å². The second-order valence-electron chi connectivity index (χ2n) is 11.2. The molecule has 3 heteroatoms. The fourth-order valence-corrected chi connectivity index (χ4v) is 6.02. The van der Waals surface area contributed by atoms with E-state index in [0.717, 1.165) is 22.4 Å². The van der Waals surface area contributed by atoms with Gasteiger partial charge in [0, 0.05) is 21.9 Å². The maximum Gasteiger partial charge on any atom is 0.295 e. The lowest BCUT2D eigenvalue weighted by Gasteiger charge is -2.19. The van der Waals surface area contributed by atoms with Gasteiger partial charge in [0.05, 0.1) is 12.6 Å². The minimum Gasteiger partial charge on any atom is -0.225 e. The van der Waals surface area contributed by atoms with Crippen molar-refractivity contribution < 1.29 is 7.31 Å². The third-order valence-corrected chi connectivity index (χ3v) is 7.62. The van der Waals surface area contributed by atoms with Gasteiger partial charge in [-0.3, -0.25) is 0 Å². The van der Waals surface area contributed by atoms with Gasteiger partial charge in [-0.1, -0.05) is 89.8 Å². The number of rotatable bonds is 6. The molecule has 4 rings (SSSR count). The molecular formula is C31H41N2Si+. The predicted molar refractivity (Wildman–Crippen MR) is 150 cm³/mol. The Morgan fingerprint density at radius 2 is 1.50 bits per heavy atom. The monoisotopic (exact) mass is 471 g/mol. The molecule has 2 nitrogen and oxygen atoms in total. The number of fused-ring (bicyclic) bond motifs is 1. The molecule has 3 aromatic carbocycles. The summed E-state index contributed by atoms with van der Waals surface area (Å²) in [5, 5.41) is 0. The second-order valence-corrected chi connectivity index (χ2v) is 16.0. The summed E-state index contributed by atoms with van der Waals surface area (Å²) in [6.45, 7) is 17.5. The molecule has 178 valence electrons. The summed E-state index contributed by atoms with van der Waals surface area (Å²) in [4.78, 5) is 0. The average molecular weight is 472 g/mol. The molecule has 0 N–H and O–H groups in total. The highest BCUT2D eigenvalue weighted by molar-refractivity contribution is 6.75. The fourth-order valence-electron chi connectivity index (χ4n) is 5.00. The van der Waals surface area contributed by atoms with E-state index in [1.807, 2.05) is 6.07 Å². The molecule has 0 unspecified atom stereocenters. The van der Waals surface area contributed by atoms with E-state index in [1.54, 1.807) is 0 Å². The van der Waals surface area contributed by atoms with Crippen LogP contribution in [0.15, 0.2) is 60.7 Å². The number of benzene rings is 3. The van der Waals surface area contributed by atoms with E-state index in [9.17, 15) is 0 Å². The Morgan fingerprint density at radius 1 is 0.882 bits per heavy atom. The highest BCUT2D eigenvalue weighted by atomic mass is 28.3. The van der Waals surface area contributed by atoms with E-state index in [0.29, 0.717) is 11.8 Å². The number of imidazole rings is 1. The molecule has 0 aliphatic rings. The average Bonchev–Trinajstić information content (AvgIpc) is 3.09. The number of aryl methyl sites for hydroxylation is 2. The van der Waals surface area contributed by atoms with Crippen LogP contribution in [0.2, 0.25) is 19.6 Å². The molecule has 0 saturated heterocycles. The summed E-state index contributed by atoms with van der Waals surface area (Å²) >= 11 is 0. The number of para-hydroxylation sites is 1. The third kappa shape index (κ3) is 4.51. The Bertz CT molecular complexity index is 1400. The predicted octanol–water partition coefficient (Wildman–Crippen LogP) is 8.10. The molecule has 4 aromatic rings. The first-order chi connectivity index (χ1) is 16.8. The third-order valence-electron chi connectivity index (χ3n) is 6.58. The maximum absolute atomic E-state index is 9.06. The van der Waals surface area contributed by atoms with Crippen molar-refractivity contribution in [2.24, 2.45) is 7.05 Å². The summed E-state index contributed by atoms with van der Waals surface area (Å²) in [6.07, 6.45) is 0. The van der Waals surface area contributed by atoms with E-state index in [-0.39, 0.29) is 0 Å². The highest BCUT2D eigenvalue weighted by Gasteiger charge is 2.31. The van der Waals surface area contributed by atoms with E-state index in [1.165, 1.54) is 27.9 Å². The van der Waals surface area contributed by atoms with Crippen molar-refractivity contribution in [1.82, 2.24) is 4.57 Å². The van der Waals surface area contributed by atoms with Crippen LogP contribution in [-0.4, -0.2) is 12.6 Å². The van der Waals surface area contributed by atoms with Crippen molar-refractivity contribution in [3.8, 4) is 17.1 Å². The van der Waals surface area contributed by atoms with E-state index in [2.05, 4.69) is 125 Å². The second kappa shape index (κ2) is 9.18. The van der Waals surface area contributed by atoms with Gasteiger partial charge in [-0.15, -0.1) is 0 Å². The van der Waals surface area contributed by atoms with Crippen molar-refractivity contribution in [2.75, 3.05) is 0 Å². The van der Waals surface area contributed by atoms with E-state index >= 15 is 0 Å². The number of hydrogen-bond acceptors (Lipinski definition) is 0. The molecule has 0 spiro atoms. The van der Waals surface area contributed by atoms with Crippen molar-refractivity contribution in [3.63, 3.8) is 0 Å². The summed E-state index contributed by atoms with van der Waals surface area (Å²) in [5.74, 6) is 0.491. The summed E-state index contributed by atoms with van der Waals surface area (Å²) < 4.78 is 22.8. The van der Waals surface area contributed by atoms with E-state index < -0.39 is 14.1 Å².